The lowest BCUT2D eigenvalue weighted by Crippen LogP contribution is -2.32. The van der Waals surface area contributed by atoms with E-state index in [9.17, 15) is 4.79 Å². The molecular weight excluding hydrogens is 280 g/mol. The van der Waals surface area contributed by atoms with E-state index < -0.39 is 0 Å². The highest BCUT2D eigenvalue weighted by atomic mass is 35.5. The number of benzene rings is 1. The maximum absolute atomic E-state index is 12.2. The molecule has 19 heavy (non-hydrogen) atoms. The number of rotatable bonds is 4. The van der Waals surface area contributed by atoms with Crippen LogP contribution in [-0.2, 0) is 0 Å². The fourth-order valence-corrected chi connectivity index (χ4v) is 3.60. The van der Waals surface area contributed by atoms with Gasteiger partial charge in [0.15, 0.2) is 0 Å². The minimum atomic E-state index is -0.0574. The Morgan fingerprint density at radius 1 is 1.47 bits per heavy atom. The zero-order valence-corrected chi connectivity index (χ0v) is 12.6. The van der Waals surface area contributed by atoms with Crippen LogP contribution in [0.25, 0.3) is 0 Å². The molecule has 1 atom stereocenters. The van der Waals surface area contributed by atoms with E-state index in [4.69, 9.17) is 11.6 Å². The van der Waals surface area contributed by atoms with Crippen LogP contribution in [0.2, 0.25) is 5.02 Å². The summed E-state index contributed by atoms with van der Waals surface area (Å²) in [6.45, 7) is 0.735. The summed E-state index contributed by atoms with van der Waals surface area (Å²) in [7, 11) is 1.80. The topological polar surface area (TPSA) is 41.1 Å². The molecule has 1 aromatic rings. The van der Waals surface area contributed by atoms with Gasteiger partial charge in [-0.05, 0) is 36.8 Å². The zero-order valence-electron chi connectivity index (χ0n) is 11.0. The number of hydrogen-bond donors (Lipinski definition) is 2. The molecule has 1 heterocycles. The highest BCUT2D eigenvalue weighted by molar-refractivity contribution is 7.99. The normalized spacial score (nSPS) is 18.9. The maximum Gasteiger partial charge on any atom is 0.253 e. The predicted molar refractivity (Wildman–Crippen MR) is 83.4 cm³/mol. The third-order valence-corrected chi connectivity index (χ3v) is 4.89. The summed E-state index contributed by atoms with van der Waals surface area (Å²) < 4.78 is 0. The monoisotopic (exact) mass is 298 g/mol. The SMILES string of the molecule is CNc1ccc(Cl)cc1C(=O)NCC1CCCCS1. The van der Waals surface area contributed by atoms with Crippen molar-refractivity contribution in [3.63, 3.8) is 0 Å². The summed E-state index contributed by atoms with van der Waals surface area (Å²) in [6, 6.07) is 5.31. The Kier molecular flexibility index (Phi) is 5.40. The molecule has 0 spiro atoms. The Labute approximate surface area is 123 Å². The molecule has 1 fully saturated rings. The van der Waals surface area contributed by atoms with Crippen molar-refractivity contribution < 1.29 is 4.79 Å². The Balaban J connectivity index is 1.97. The number of amides is 1. The van der Waals surface area contributed by atoms with Gasteiger partial charge in [0, 0.05) is 29.6 Å². The minimum Gasteiger partial charge on any atom is -0.387 e. The van der Waals surface area contributed by atoms with Crippen molar-refractivity contribution in [1.82, 2.24) is 5.32 Å². The van der Waals surface area contributed by atoms with Crippen LogP contribution in [0, 0.1) is 0 Å². The summed E-state index contributed by atoms with van der Waals surface area (Å²) in [6.07, 6.45) is 3.76. The van der Waals surface area contributed by atoms with E-state index in [1.54, 1.807) is 19.2 Å². The first kappa shape index (κ1) is 14.5. The highest BCUT2D eigenvalue weighted by Gasteiger charge is 2.16. The van der Waals surface area contributed by atoms with E-state index >= 15 is 0 Å². The number of carbonyl (C=O) groups is 1. The number of hydrogen-bond acceptors (Lipinski definition) is 3. The molecule has 0 radical (unpaired) electrons. The molecule has 0 saturated carbocycles. The molecule has 0 aliphatic carbocycles. The predicted octanol–water partition coefficient (Wildman–Crippen LogP) is 3.40. The second kappa shape index (κ2) is 7.06. The van der Waals surface area contributed by atoms with Gasteiger partial charge in [-0.3, -0.25) is 4.79 Å². The lowest BCUT2D eigenvalue weighted by molar-refractivity contribution is 0.0954. The lowest BCUT2D eigenvalue weighted by atomic mass is 10.1. The van der Waals surface area contributed by atoms with Crippen LogP contribution in [0.3, 0.4) is 0 Å². The van der Waals surface area contributed by atoms with Crippen LogP contribution in [-0.4, -0.2) is 30.5 Å². The summed E-state index contributed by atoms with van der Waals surface area (Å²) in [4.78, 5) is 12.2. The number of nitrogens with one attached hydrogen (secondary N) is 2. The Hall–Kier alpha value is -0.870. The fraction of sp³-hybridized carbons (Fsp3) is 0.500. The zero-order chi connectivity index (χ0) is 13.7. The van der Waals surface area contributed by atoms with Gasteiger partial charge in [0.2, 0.25) is 0 Å². The van der Waals surface area contributed by atoms with Crippen molar-refractivity contribution >= 4 is 35.0 Å². The quantitative estimate of drug-likeness (QED) is 0.895. The van der Waals surface area contributed by atoms with E-state index in [1.165, 1.54) is 25.0 Å². The molecule has 5 heteroatoms. The molecule has 3 nitrogen and oxygen atoms in total. The van der Waals surface area contributed by atoms with Gasteiger partial charge >= 0.3 is 0 Å². The van der Waals surface area contributed by atoms with Crippen LogP contribution in [0.15, 0.2) is 18.2 Å². The molecule has 2 N–H and O–H groups in total. The van der Waals surface area contributed by atoms with Crippen molar-refractivity contribution in [1.29, 1.82) is 0 Å². The summed E-state index contributed by atoms with van der Waals surface area (Å²) in [5.41, 5.74) is 1.41. The lowest BCUT2D eigenvalue weighted by Gasteiger charge is -2.21. The van der Waals surface area contributed by atoms with Crippen LogP contribution in [0.5, 0.6) is 0 Å². The van der Waals surface area contributed by atoms with Gasteiger partial charge in [-0.15, -0.1) is 0 Å². The van der Waals surface area contributed by atoms with Gasteiger partial charge in [-0.1, -0.05) is 18.0 Å². The molecule has 1 saturated heterocycles. The minimum absolute atomic E-state index is 0.0574. The summed E-state index contributed by atoms with van der Waals surface area (Å²) in [5, 5.41) is 7.16. The van der Waals surface area contributed by atoms with Gasteiger partial charge in [0.25, 0.3) is 5.91 Å². The highest BCUT2D eigenvalue weighted by Crippen LogP contribution is 2.25. The van der Waals surface area contributed by atoms with E-state index in [1.807, 2.05) is 17.8 Å². The molecule has 1 aliphatic heterocycles. The van der Waals surface area contributed by atoms with Gasteiger partial charge in [-0.25, -0.2) is 0 Å². The first-order valence-corrected chi connectivity index (χ1v) is 8.00. The number of anilines is 1. The van der Waals surface area contributed by atoms with Crippen molar-refractivity contribution in [2.45, 2.75) is 24.5 Å². The molecular formula is C14H19ClN2OS. The summed E-state index contributed by atoms with van der Waals surface area (Å²) in [5.74, 6) is 1.15. The van der Waals surface area contributed by atoms with Crippen molar-refractivity contribution in [2.75, 3.05) is 24.7 Å². The van der Waals surface area contributed by atoms with Crippen molar-refractivity contribution in [2.24, 2.45) is 0 Å². The second-order valence-electron chi connectivity index (χ2n) is 4.64. The third kappa shape index (κ3) is 4.05. The van der Waals surface area contributed by atoms with E-state index in [0.717, 1.165) is 12.2 Å². The van der Waals surface area contributed by atoms with Crippen LogP contribution < -0.4 is 10.6 Å². The van der Waals surface area contributed by atoms with Crippen molar-refractivity contribution in [3.05, 3.63) is 28.8 Å². The number of thioether (sulfide) groups is 1. The van der Waals surface area contributed by atoms with Crippen LogP contribution in [0.4, 0.5) is 5.69 Å². The maximum atomic E-state index is 12.2. The molecule has 1 unspecified atom stereocenters. The third-order valence-electron chi connectivity index (χ3n) is 3.26. The Morgan fingerprint density at radius 2 is 2.32 bits per heavy atom. The molecule has 104 valence electrons. The molecule has 1 amide bonds. The molecule has 0 aromatic heterocycles. The van der Waals surface area contributed by atoms with Crippen LogP contribution >= 0.6 is 23.4 Å². The van der Waals surface area contributed by atoms with E-state index in [2.05, 4.69) is 10.6 Å². The second-order valence-corrected chi connectivity index (χ2v) is 6.48. The Bertz CT molecular complexity index is 447. The van der Waals surface area contributed by atoms with E-state index in [-0.39, 0.29) is 5.91 Å². The Morgan fingerprint density at radius 3 is 3.00 bits per heavy atom. The van der Waals surface area contributed by atoms with Gasteiger partial charge < -0.3 is 10.6 Å². The van der Waals surface area contributed by atoms with Gasteiger partial charge in [0.1, 0.15) is 0 Å². The average Bonchev–Trinajstić information content (AvgIpc) is 2.46. The van der Waals surface area contributed by atoms with Crippen LogP contribution in [0.1, 0.15) is 29.6 Å². The molecule has 1 aliphatic rings. The standard InChI is InChI=1S/C14H19ClN2OS/c1-16-13-6-5-10(15)8-12(13)14(18)17-9-11-4-2-3-7-19-11/h5-6,8,11,16H,2-4,7,9H2,1H3,(H,17,18). The largest absolute Gasteiger partial charge is 0.387 e. The molecule has 1 aromatic carbocycles. The summed E-state index contributed by atoms with van der Waals surface area (Å²) >= 11 is 7.91. The molecule has 0 bridgehead atoms. The van der Waals surface area contributed by atoms with E-state index in [0.29, 0.717) is 15.8 Å². The average molecular weight is 299 g/mol. The first-order chi connectivity index (χ1) is 9.20. The first-order valence-electron chi connectivity index (χ1n) is 6.58. The fourth-order valence-electron chi connectivity index (χ4n) is 2.19. The number of halogens is 1. The van der Waals surface area contributed by atoms with Gasteiger partial charge in [-0.2, -0.15) is 11.8 Å². The van der Waals surface area contributed by atoms with Crippen molar-refractivity contribution in [3.8, 4) is 0 Å². The molecule has 2 rings (SSSR count). The smallest absolute Gasteiger partial charge is 0.253 e. The van der Waals surface area contributed by atoms with Gasteiger partial charge in [0.05, 0.1) is 5.56 Å². The number of carbonyl (C=O) groups excluding carboxylic acids is 1.